The molecule has 3 aromatic rings. The van der Waals surface area contributed by atoms with Crippen molar-refractivity contribution in [1.29, 1.82) is 5.26 Å². The topological polar surface area (TPSA) is 121 Å². The number of rotatable bonds is 5. The first-order chi connectivity index (χ1) is 15.5. The fraction of sp³-hybridized carbons (Fsp3) is 0. The third-order valence-corrected chi connectivity index (χ3v) is 4.37. The Kier molecular flexibility index (Phi) is 7.30. The molecule has 9 heteroatoms. The lowest BCUT2D eigenvalue weighted by Gasteiger charge is -2.06. The van der Waals surface area contributed by atoms with Gasteiger partial charge in [0.2, 0.25) is 0 Å². The summed E-state index contributed by atoms with van der Waals surface area (Å²) in [7, 11) is 0. The van der Waals surface area contributed by atoms with Crippen LogP contribution in [0.5, 0.6) is 5.75 Å². The highest BCUT2D eigenvalue weighted by molar-refractivity contribution is 6.39. The zero-order valence-electron chi connectivity index (χ0n) is 16.4. The number of nitrogens with zero attached hydrogens (tertiary/aromatic N) is 2. The zero-order chi connectivity index (χ0) is 22.9. The Balaban J connectivity index is 1.51. The highest BCUT2D eigenvalue weighted by atomic mass is 35.5. The van der Waals surface area contributed by atoms with Crippen LogP contribution in [0.15, 0.2) is 77.9 Å². The van der Waals surface area contributed by atoms with E-state index in [2.05, 4.69) is 15.8 Å². The summed E-state index contributed by atoms with van der Waals surface area (Å²) in [6, 6.07) is 20.9. The first-order valence-corrected chi connectivity index (χ1v) is 9.55. The molecule has 3 rings (SSSR count). The molecule has 0 unspecified atom stereocenters. The molecule has 0 aliphatic rings. The zero-order valence-corrected chi connectivity index (χ0v) is 17.2. The van der Waals surface area contributed by atoms with Gasteiger partial charge in [-0.1, -0.05) is 23.7 Å². The number of nitrogens with one attached hydrogen (secondary N) is 2. The summed E-state index contributed by atoms with van der Waals surface area (Å²) in [5.74, 6) is -2.15. The van der Waals surface area contributed by atoms with Gasteiger partial charge >= 0.3 is 17.8 Å². The van der Waals surface area contributed by atoms with Crippen LogP contribution < -0.4 is 15.5 Å². The Bertz CT molecular complexity index is 1220. The largest absolute Gasteiger partial charge is 0.423 e. The van der Waals surface area contributed by atoms with Gasteiger partial charge < -0.3 is 10.1 Å². The minimum Gasteiger partial charge on any atom is -0.423 e. The van der Waals surface area contributed by atoms with E-state index in [9.17, 15) is 14.4 Å². The van der Waals surface area contributed by atoms with Crippen molar-refractivity contribution in [1.82, 2.24) is 5.43 Å². The van der Waals surface area contributed by atoms with E-state index in [0.29, 0.717) is 27.6 Å². The number of esters is 1. The Morgan fingerprint density at radius 1 is 0.938 bits per heavy atom. The maximum Gasteiger partial charge on any atom is 0.345 e. The van der Waals surface area contributed by atoms with Crippen LogP contribution >= 0.6 is 11.6 Å². The Labute approximate surface area is 188 Å². The normalized spacial score (nSPS) is 10.2. The number of hydrazone groups is 1. The predicted molar refractivity (Wildman–Crippen MR) is 118 cm³/mol. The Morgan fingerprint density at radius 3 is 2.28 bits per heavy atom. The van der Waals surface area contributed by atoms with Gasteiger partial charge in [-0.3, -0.25) is 9.59 Å². The average Bonchev–Trinajstić information content (AvgIpc) is 2.80. The molecular formula is C23H15ClN4O4. The molecule has 0 bridgehead atoms. The second kappa shape index (κ2) is 10.5. The molecule has 0 aliphatic heterocycles. The molecule has 0 saturated carbocycles. The number of benzene rings is 3. The van der Waals surface area contributed by atoms with Crippen LogP contribution in [0, 0.1) is 11.3 Å². The van der Waals surface area contributed by atoms with E-state index in [1.807, 2.05) is 6.07 Å². The quantitative estimate of drug-likeness (QED) is 0.204. The molecule has 0 aromatic heterocycles. The van der Waals surface area contributed by atoms with Crippen LogP contribution in [0.3, 0.4) is 0 Å². The minimum absolute atomic E-state index is 0.252. The average molecular weight is 447 g/mol. The van der Waals surface area contributed by atoms with E-state index in [-0.39, 0.29) is 5.56 Å². The van der Waals surface area contributed by atoms with Crippen molar-refractivity contribution in [3.63, 3.8) is 0 Å². The molecule has 0 aliphatic carbocycles. The Hall–Kier alpha value is -4.48. The summed E-state index contributed by atoms with van der Waals surface area (Å²) in [6.45, 7) is 0. The maximum atomic E-state index is 12.2. The van der Waals surface area contributed by atoms with Crippen LogP contribution in [0.25, 0.3) is 0 Å². The van der Waals surface area contributed by atoms with E-state index in [0.717, 1.165) is 0 Å². The van der Waals surface area contributed by atoms with Crippen molar-refractivity contribution < 1.29 is 19.1 Å². The second-order valence-electron chi connectivity index (χ2n) is 6.28. The molecule has 0 atom stereocenters. The third-order valence-electron chi connectivity index (χ3n) is 4.04. The van der Waals surface area contributed by atoms with E-state index >= 15 is 0 Å². The van der Waals surface area contributed by atoms with Crippen molar-refractivity contribution >= 4 is 41.3 Å². The van der Waals surface area contributed by atoms with Crippen LogP contribution in [0.1, 0.15) is 21.5 Å². The summed E-state index contributed by atoms with van der Waals surface area (Å²) < 4.78 is 5.27. The van der Waals surface area contributed by atoms with Crippen LogP contribution in [0.2, 0.25) is 5.02 Å². The Morgan fingerprint density at radius 2 is 1.62 bits per heavy atom. The van der Waals surface area contributed by atoms with Crippen molar-refractivity contribution in [3.05, 3.63) is 94.5 Å². The van der Waals surface area contributed by atoms with Gasteiger partial charge in [0, 0.05) is 5.69 Å². The number of amides is 2. The smallest absolute Gasteiger partial charge is 0.345 e. The molecular weight excluding hydrogens is 432 g/mol. The van der Waals surface area contributed by atoms with Gasteiger partial charge in [-0.2, -0.15) is 10.4 Å². The minimum atomic E-state index is -0.962. The van der Waals surface area contributed by atoms with Crippen LogP contribution in [-0.4, -0.2) is 24.0 Å². The van der Waals surface area contributed by atoms with Gasteiger partial charge in [-0.15, -0.1) is 0 Å². The number of halogens is 1. The SMILES string of the molecule is N#Cc1ccc(NC(=O)C(=O)NN=Cc2ccc(OC(=O)c3ccccc3Cl)cc2)cc1. The van der Waals surface area contributed by atoms with Crippen LogP contribution in [0.4, 0.5) is 5.69 Å². The number of nitriles is 1. The molecule has 0 radical (unpaired) electrons. The molecule has 3 aromatic carbocycles. The lowest BCUT2D eigenvalue weighted by Crippen LogP contribution is -2.32. The van der Waals surface area contributed by atoms with Gasteiger partial charge in [0.1, 0.15) is 5.75 Å². The number of ether oxygens (including phenoxy) is 1. The van der Waals surface area contributed by atoms with E-state index in [1.165, 1.54) is 30.5 Å². The summed E-state index contributed by atoms with van der Waals surface area (Å²) in [5, 5.41) is 15.2. The van der Waals surface area contributed by atoms with Gasteiger partial charge in [0.25, 0.3) is 0 Å². The second-order valence-corrected chi connectivity index (χ2v) is 6.69. The van der Waals surface area contributed by atoms with Crippen LogP contribution in [-0.2, 0) is 9.59 Å². The summed E-state index contributed by atoms with van der Waals surface area (Å²) >= 11 is 5.98. The number of hydrogen-bond acceptors (Lipinski definition) is 6. The van der Waals surface area contributed by atoms with Crippen molar-refractivity contribution in [2.75, 3.05) is 5.32 Å². The van der Waals surface area contributed by atoms with Crippen molar-refractivity contribution in [3.8, 4) is 11.8 Å². The third kappa shape index (κ3) is 6.01. The molecule has 2 amide bonds. The summed E-state index contributed by atoms with van der Waals surface area (Å²) in [6.07, 6.45) is 1.33. The number of anilines is 1. The van der Waals surface area contributed by atoms with E-state index in [4.69, 9.17) is 21.6 Å². The molecule has 2 N–H and O–H groups in total. The molecule has 158 valence electrons. The van der Waals surface area contributed by atoms with Gasteiger partial charge in [-0.25, -0.2) is 10.2 Å². The maximum absolute atomic E-state index is 12.2. The molecule has 8 nitrogen and oxygen atoms in total. The first-order valence-electron chi connectivity index (χ1n) is 9.17. The highest BCUT2D eigenvalue weighted by Crippen LogP contribution is 2.19. The number of carbonyl (C=O) groups excluding carboxylic acids is 3. The molecule has 32 heavy (non-hydrogen) atoms. The van der Waals surface area contributed by atoms with Gasteiger partial charge in [-0.05, 0) is 66.2 Å². The lowest BCUT2D eigenvalue weighted by molar-refractivity contribution is -0.136. The molecule has 0 heterocycles. The van der Waals surface area contributed by atoms with Crippen molar-refractivity contribution in [2.24, 2.45) is 5.10 Å². The number of carbonyl (C=O) groups is 3. The monoisotopic (exact) mass is 446 g/mol. The van der Waals surface area contributed by atoms with Gasteiger partial charge in [0.15, 0.2) is 0 Å². The highest BCUT2D eigenvalue weighted by Gasteiger charge is 2.13. The molecule has 0 saturated heterocycles. The lowest BCUT2D eigenvalue weighted by atomic mass is 10.2. The number of hydrogen-bond donors (Lipinski definition) is 2. The van der Waals surface area contributed by atoms with E-state index in [1.54, 1.807) is 48.5 Å². The fourth-order valence-electron chi connectivity index (χ4n) is 2.44. The standard InChI is InChI=1S/C23H15ClN4O4/c24-20-4-2-1-3-19(20)23(31)32-18-11-7-16(8-12-18)14-26-28-22(30)21(29)27-17-9-5-15(13-25)6-10-17/h1-12,14H,(H,27,29)(H,28,30). The van der Waals surface area contributed by atoms with Crippen molar-refractivity contribution in [2.45, 2.75) is 0 Å². The molecule has 0 spiro atoms. The molecule has 0 fully saturated rings. The fourth-order valence-corrected chi connectivity index (χ4v) is 2.66. The first kappa shape index (κ1) is 22.2. The summed E-state index contributed by atoms with van der Waals surface area (Å²) in [4.78, 5) is 35.9. The van der Waals surface area contributed by atoms with Gasteiger partial charge in [0.05, 0.1) is 28.4 Å². The summed E-state index contributed by atoms with van der Waals surface area (Å²) in [5.41, 5.74) is 3.76. The predicted octanol–water partition coefficient (Wildman–Crippen LogP) is 3.52. The van der Waals surface area contributed by atoms with E-state index < -0.39 is 17.8 Å².